The average molecular weight is 324 g/mol. The molecule has 1 aromatic rings. The molecule has 3 N–H and O–H groups in total. The largest absolute Gasteiger partial charge is 0.394 e. The van der Waals surface area contributed by atoms with Crippen molar-refractivity contribution in [2.45, 2.75) is 67.0 Å². The van der Waals surface area contributed by atoms with Crippen LogP contribution in [0.2, 0.25) is 0 Å². The van der Waals surface area contributed by atoms with Crippen LogP contribution in [-0.2, 0) is 13.0 Å². The molecule has 0 aromatic carbocycles. The van der Waals surface area contributed by atoms with E-state index in [4.69, 9.17) is 0 Å². The highest BCUT2D eigenvalue weighted by molar-refractivity contribution is 5.89. The molecule has 1 atom stereocenters. The number of aliphatic hydroxyl groups excluding tert-OH is 1. The van der Waals surface area contributed by atoms with Gasteiger partial charge < -0.3 is 15.7 Å². The number of aromatic nitrogens is 2. The van der Waals surface area contributed by atoms with E-state index in [1.807, 2.05) is 11.6 Å². The van der Waals surface area contributed by atoms with Gasteiger partial charge in [-0.3, -0.25) is 4.68 Å². The molecule has 1 aromatic heterocycles. The molecule has 6 nitrogen and oxygen atoms in total. The third-order valence-electron chi connectivity index (χ3n) is 3.48. The summed E-state index contributed by atoms with van der Waals surface area (Å²) in [6, 6.07) is -0.558. The quantitative estimate of drug-likeness (QED) is 0.721. The lowest BCUT2D eigenvalue weighted by Gasteiger charge is -2.25. The Labute approximate surface area is 139 Å². The number of amides is 2. The smallest absolute Gasteiger partial charge is 0.319 e. The molecule has 0 saturated carbocycles. The lowest BCUT2D eigenvalue weighted by molar-refractivity contribution is 0.196. The number of urea groups is 1. The Morgan fingerprint density at radius 3 is 2.52 bits per heavy atom. The summed E-state index contributed by atoms with van der Waals surface area (Å²) in [6.07, 6.45) is 3.20. The van der Waals surface area contributed by atoms with E-state index in [-0.39, 0.29) is 24.1 Å². The van der Waals surface area contributed by atoms with Crippen LogP contribution in [0.4, 0.5) is 10.5 Å². The van der Waals surface area contributed by atoms with E-state index in [9.17, 15) is 9.90 Å². The second kappa shape index (κ2) is 8.34. The minimum Gasteiger partial charge on any atom is -0.394 e. The zero-order valence-corrected chi connectivity index (χ0v) is 15.3. The van der Waals surface area contributed by atoms with E-state index in [0.717, 1.165) is 24.3 Å². The van der Waals surface area contributed by atoms with Gasteiger partial charge in [-0.2, -0.15) is 5.10 Å². The molecule has 6 heteroatoms. The van der Waals surface area contributed by atoms with Gasteiger partial charge in [0.1, 0.15) is 0 Å². The first-order chi connectivity index (χ1) is 10.7. The molecule has 1 rings (SSSR count). The Morgan fingerprint density at radius 2 is 2.04 bits per heavy atom. The first kappa shape index (κ1) is 19.5. The molecule has 0 bridgehead atoms. The first-order valence-electron chi connectivity index (χ1n) is 8.39. The van der Waals surface area contributed by atoms with Crippen molar-refractivity contribution >= 4 is 11.7 Å². The summed E-state index contributed by atoms with van der Waals surface area (Å²) in [5, 5.41) is 19.5. The molecule has 2 amide bonds. The van der Waals surface area contributed by atoms with E-state index in [1.54, 1.807) is 6.20 Å². The Kier molecular flexibility index (Phi) is 7.06. The summed E-state index contributed by atoms with van der Waals surface area (Å²) >= 11 is 0. The minimum absolute atomic E-state index is 0.0391. The van der Waals surface area contributed by atoms with Crippen molar-refractivity contribution in [2.75, 3.05) is 11.9 Å². The Hall–Kier alpha value is -1.56. The van der Waals surface area contributed by atoms with Gasteiger partial charge in [-0.05, 0) is 24.2 Å². The molecule has 0 aliphatic heterocycles. The maximum atomic E-state index is 12.2. The molecule has 0 aliphatic carbocycles. The van der Waals surface area contributed by atoms with Crippen molar-refractivity contribution in [3.05, 3.63) is 11.9 Å². The van der Waals surface area contributed by atoms with Crippen LogP contribution < -0.4 is 10.6 Å². The predicted octanol–water partition coefficient (Wildman–Crippen LogP) is 3.02. The van der Waals surface area contributed by atoms with Crippen LogP contribution in [0.1, 0.15) is 53.7 Å². The zero-order chi connectivity index (χ0) is 17.6. The number of nitrogens with zero attached hydrogens (tertiary/aromatic N) is 2. The molecule has 0 spiro atoms. The van der Waals surface area contributed by atoms with Crippen LogP contribution >= 0.6 is 0 Å². The molecule has 23 heavy (non-hydrogen) atoms. The van der Waals surface area contributed by atoms with Gasteiger partial charge in [-0.15, -0.1) is 0 Å². The van der Waals surface area contributed by atoms with E-state index < -0.39 is 0 Å². The summed E-state index contributed by atoms with van der Waals surface area (Å²) in [4.78, 5) is 12.2. The highest BCUT2D eigenvalue weighted by Gasteiger charge is 2.20. The topological polar surface area (TPSA) is 79.2 Å². The molecular weight excluding hydrogens is 292 g/mol. The second-order valence-electron chi connectivity index (χ2n) is 7.68. The lowest BCUT2D eigenvalue weighted by Crippen LogP contribution is -2.42. The summed E-state index contributed by atoms with van der Waals surface area (Å²) in [7, 11) is 0. The van der Waals surface area contributed by atoms with Crippen LogP contribution in [-0.4, -0.2) is 33.6 Å². The standard InChI is InChI=1S/C17H32N4O2/c1-7-15-14(9-18-21(15)10-12(2)3)20-16(23)19-13(11-22)8-17(4,5)6/h9,12-13,22H,7-8,10-11H2,1-6H3,(H2,19,20,23). The number of hydrogen-bond acceptors (Lipinski definition) is 3. The highest BCUT2D eigenvalue weighted by Crippen LogP contribution is 2.21. The summed E-state index contributed by atoms with van der Waals surface area (Å²) in [5.74, 6) is 0.493. The van der Waals surface area contributed by atoms with Crippen molar-refractivity contribution in [2.24, 2.45) is 11.3 Å². The van der Waals surface area contributed by atoms with Crippen molar-refractivity contribution in [1.82, 2.24) is 15.1 Å². The van der Waals surface area contributed by atoms with E-state index in [0.29, 0.717) is 12.3 Å². The van der Waals surface area contributed by atoms with Crippen LogP contribution in [0.15, 0.2) is 6.20 Å². The number of hydrogen-bond donors (Lipinski definition) is 3. The Morgan fingerprint density at radius 1 is 1.39 bits per heavy atom. The summed E-state index contributed by atoms with van der Waals surface area (Å²) < 4.78 is 1.94. The van der Waals surface area contributed by atoms with Crippen molar-refractivity contribution < 1.29 is 9.90 Å². The van der Waals surface area contributed by atoms with E-state index >= 15 is 0 Å². The SMILES string of the molecule is CCc1c(NC(=O)NC(CO)CC(C)(C)C)cnn1CC(C)C. The third kappa shape index (κ3) is 6.60. The molecular formula is C17H32N4O2. The normalized spacial score (nSPS) is 13.2. The predicted molar refractivity (Wildman–Crippen MR) is 93.5 cm³/mol. The fraction of sp³-hybridized carbons (Fsp3) is 0.765. The number of carbonyl (C=O) groups excluding carboxylic acids is 1. The number of nitrogens with one attached hydrogen (secondary N) is 2. The van der Waals surface area contributed by atoms with Gasteiger partial charge in [-0.25, -0.2) is 4.79 Å². The van der Waals surface area contributed by atoms with Crippen LogP contribution in [0.3, 0.4) is 0 Å². The number of rotatable bonds is 7. The minimum atomic E-state index is -0.299. The summed E-state index contributed by atoms with van der Waals surface area (Å²) in [5.41, 5.74) is 1.79. The van der Waals surface area contributed by atoms with Crippen LogP contribution in [0, 0.1) is 11.3 Å². The fourth-order valence-electron chi connectivity index (χ4n) is 2.64. The number of anilines is 1. The van der Waals surface area contributed by atoms with E-state index in [2.05, 4.69) is 50.4 Å². The molecule has 1 heterocycles. The second-order valence-corrected chi connectivity index (χ2v) is 7.68. The van der Waals surface area contributed by atoms with E-state index in [1.165, 1.54) is 0 Å². The van der Waals surface area contributed by atoms with Crippen LogP contribution in [0.25, 0.3) is 0 Å². The van der Waals surface area contributed by atoms with Crippen LogP contribution in [0.5, 0.6) is 0 Å². The fourth-order valence-corrected chi connectivity index (χ4v) is 2.64. The number of carbonyl (C=O) groups is 1. The van der Waals surface area contributed by atoms with Gasteiger partial charge in [0.25, 0.3) is 0 Å². The Bertz CT molecular complexity index is 503. The molecule has 0 fully saturated rings. The molecule has 1 unspecified atom stereocenters. The van der Waals surface area contributed by atoms with Gasteiger partial charge >= 0.3 is 6.03 Å². The van der Waals surface area contributed by atoms with Gasteiger partial charge in [0.2, 0.25) is 0 Å². The zero-order valence-electron chi connectivity index (χ0n) is 15.3. The van der Waals surface area contributed by atoms with Crippen molar-refractivity contribution in [3.63, 3.8) is 0 Å². The number of aliphatic hydroxyl groups is 1. The highest BCUT2D eigenvalue weighted by atomic mass is 16.3. The van der Waals surface area contributed by atoms with Crippen molar-refractivity contribution in [3.8, 4) is 0 Å². The average Bonchev–Trinajstić information content (AvgIpc) is 2.77. The van der Waals surface area contributed by atoms with Gasteiger partial charge in [0, 0.05) is 6.54 Å². The van der Waals surface area contributed by atoms with Gasteiger partial charge in [-0.1, -0.05) is 41.5 Å². The maximum absolute atomic E-state index is 12.2. The molecule has 0 radical (unpaired) electrons. The Balaban J connectivity index is 2.71. The van der Waals surface area contributed by atoms with Crippen molar-refractivity contribution in [1.29, 1.82) is 0 Å². The first-order valence-corrected chi connectivity index (χ1v) is 8.39. The molecule has 0 saturated heterocycles. The molecule has 132 valence electrons. The van der Waals surface area contributed by atoms with Gasteiger partial charge in [0.15, 0.2) is 0 Å². The monoisotopic (exact) mass is 324 g/mol. The molecule has 0 aliphatic rings. The maximum Gasteiger partial charge on any atom is 0.319 e. The summed E-state index contributed by atoms with van der Waals surface area (Å²) in [6.45, 7) is 13.3. The lowest BCUT2D eigenvalue weighted by atomic mass is 9.88. The third-order valence-corrected chi connectivity index (χ3v) is 3.48. The van der Waals surface area contributed by atoms with Gasteiger partial charge in [0.05, 0.1) is 30.2 Å².